The van der Waals surface area contributed by atoms with Gasteiger partial charge in [0.2, 0.25) is 11.1 Å². The molecule has 0 saturated heterocycles. The van der Waals surface area contributed by atoms with Gasteiger partial charge in [0, 0.05) is 0 Å². The summed E-state index contributed by atoms with van der Waals surface area (Å²) in [7, 11) is 0. The van der Waals surface area contributed by atoms with E-state index in [0.29, 0.717) is 22.2 Å². The number of hydrogen-bond donors (Lipinski definition) is 2. The molecule has 6 nitrogen and oxygen atoms in total. The van der Waals surface area contributed by atoms with E-state index in [0.717, 1.165) is 0 Å². The van der Waals surface area contributed by atoms with Crippen LogP contribution in [0.2, 0.25) is 0 Å². The smallest absolute Gasteiger partial charge is 0.237 e. The van der Waals surface area contributed by atoms with Crippen molar-refractivity contribution in [2.24, 2.45) is 0 Å². The molecular weight excluding hydrogens is 274 g/mol. The number of nitrogens with one attached hydrogen (secondary N) is 2. The Hall–Kier alpha value is -2.33. The zero-order valence-corrected chi connectivity index (χ0v) is 11.9. The van der Waals surface area contributed by atoms with Gasteiger partial charge >= 0.3 is 0 Å². The molecule has 20 heavy (non-hydrogen) atoms. The third-order valence-electron chi connectivity index (χ3n) is 2.53. The quantitative estimate of drug-likeness (QED) is 0.840. The highest BCUT2D eigenvalue weighted by molar-refractivity contribution is 8.00. The number of H-pyrrole nitrogens is 1. The summed E-state index contributed by atoms with van der Waals surface area (Å²) < 4.78 is 0. The Morgan fingerprint density at radius 3 is 2.90 bits per heavy atom. The molecule has 7 heteroatoms. The van der Waals surface area contributed by atoms with Crippen LogP contribution >= 0.6 is 11.8 Å². The predicted molar refractivity (Wildman–Crippen MR) is 76.2 cm³/mol. The number of aromatic amines is 1. The zero-order valence-electron chi connectivity index (χ0n) is 11.0. The van der Waals surface area contributed by atoms with Gasteiger partial charge in [-0.05, 0) is 26.0 Å². The minimum Gasteiger partial charge on any atom is -0.324 e. The van der Waals surface area contributed by atoms with Gasteiger partial charge in [-0.3, -0.25) is 9.89 Å². The lowest BCUT2D eigenvalue weighted by molar-refractivity contribution is -0.115. The Morgan fingerprint density at radius 1 is 1.50 bits per heavy atom. The minimum atomic E-state index is -0.364. The Balaban J connectivity index is 2.02. The number of benzene rings is 1. The third kappa shape index (κ3) is 3.36. The molecule has 1 amide bonds. The molecule has 0 aliphatic carbocycles. The van der Waals surface area contributed by atoms with Gasteiger partial charge in [-0.1, -0.05) is 23.9 Å². The van der Waals surface area contributed by atoms with E-state index in [4.69, 9.17) is 5.26 Å². The number of anilines is 1. The van der Waals surface area contributed by atoms with Crippen LogP contribution in [0, 0.1) is 18.3 Å². The highest BCUT2D eigenvalue weighted by Gasteiger charge is 2.17. The molecule has 1 unspecified atom stereocenters. The van der Waals surface area contributed by atoms with Crippen molar-refractivity contribution in [2.45, 2.75) is 24.3 Å². The van der Waals surface area contributed by atoms with Crippen molar-refractivity contribution in [3.8, 4) is 6.07 Å². The number of thioether (sulfide) groups is 1. The summed E-state index contributed by atoms with van der Waals surface area (Å²) in [5.74, 6) is 0.509. The van der Waals surface area contributed by atoms with Crippen LogP contribution in [0.5, 0.6) is 0 Å². The van der Waals surface area contributed by atoms with Crippen molar-refractivity contribution in [3.05, 3.63) is 35.7 Å². The fourth-order valence-corrected chi connectivity index (χ4v) is 2.28. The van der Waals surface area contributed by atoms with Gasteiger partial charge < -0.3 is 5.32 Å². The Bertz CT molecular complexity index is 661. The first-order valence-corrected chi connectivity index (χ1v) is 6.84. The number of carbonyl (C=O) groups is 1. The third-order valence-corrected chi connectivity index (χ3v) is 3.49. The highest BCUT2D eigenvalue weighted by atomic mass is 32.2. The fourth-order valence-electron chi connectivity index (χ4n) is 1.51. The highest BCUT2D eigenvalue weighted by Crippen LogP contribution is 2.21. The van der Waals surface area contributed by atoms with E-state index in [1.54, 1.807) is 38.1 Å². The summed E-state index contributed by atoms with van der Waals surface area (Å²) >= 11 is 1.26. The van der Waals surface area contributed by atoms with E-state index >= 15 is 0 Å². The van der Waals surface area contributed by atoms with Gasteiger partial charge in [-0.2, -0.15) is 5.26 Å². The van der Waals surface area contributed by atoms with E-state index in [1.807, 2.05) is 6.07 Å². The maximum absolute atomic E-state index is 12.1. The van der Waals surface area contributed by atoms with Crippen molar-refractivity contribution < 1.29 is 4.79 Å². The number of hydrogen-bond acceptors (Lipinski definition) is 5. The zero-order chi connectivity index (χ0) is 14.5. The number of aryl methyl sites for hydroxylation is 1. The van der Waals surface area contributed by atoms with E-state index in [-0.39, 0.29) is 11.2 Å². The number of para-hydroxylation sites is 1. The average molecular weight is 287 g/mol. The van der Waals surface area contributed by atoms with Crippen molar-refractivity contribution in [2.75, 3.05) is 5.32 Å². The average Bonchev–Trinajstić information content (AvgIpc) is 2.84. The van der Waals surface area contributed by atoms with Crippen molar-refractivity contribution in [1.82, 2.24) is 15.2 Å². The molecule has 0 aliphatic rings. The number of amides is 1. The monoisotopic (exact) mass is 287 g/mol. The molecule has 0 bridgehead atoms. The molecule has 0 fully saturated rings. The molecule has 0 radical (unpaired) electrons. The minimum absolute atomic E-state index is 0.194. The number of aromatic nitrogens is 3. The molecule has 0 spiro atoms. The molecule has 1 aromatic carbocycles. The Kier molecular flexibility index (Phi) is 4.38. The second-order valence-corrected chi connectivity index (χ2v) is 5.42. The molecule has 1 atom stereocenters. The second-order valence-electron chi connectivity index (χ2n) is 4.11. The maximum atomic E-state index is 12.1. The predicted octanol–water partition coefficient (Wildman–Crippen LogP) is 2.10. The van der Waals surface area contributed by atoms with Crippen LogP contribution in [0.1, 0.15) is 18.3 Å². The largest absolute Gasteiger partial charge is 0.324 e. The summed E-state index contributed by atoms with van der Waals surface area (Å²) in [6.07, 6.45) is 0. The molecule has 102 valence electrons. The topological polar surface area (TPSA) is 94.5 Å². The van der Waals surface area contributed by atoms with E-state index < -0.39 is 0 Å². The van der Waals surface area contributed by atoms with Crippen LogP contribution in [-0.4, -0.2) is 26.3 Å². The Morgan fingerprint density at radius 2 is 2.25 bits per heavy atom. The van der Waals surface area contributed by atoms with Gasteiger partial charge in [0.15, 0.2) is 0 Å². The van der Waals surface area contributed by atoms with Crippen LogP contribution in [0.15, 0.2) is 29.4 Å². The normalized spacial score (nSPS) is 11.7. The van der Waals surface area contributed by atoms with E-state index in [1.165, 1.54) is 11.8 Å². The van der Waals surface area contributed by atoms with E-state index in [2.05, 4.69) is 20.5 Å². The maximum Gasteiger partial charge on any atom is 0.237 e. The molecular formula is C13H13N5OS. The summed E-state index contributed by atoms with van der Waals surface area (Å²) in [4.78, 5) is 16.2. The van der Waals surface area contributed by atoms with E-state index in [9.17, 15) is 4.79 Å². The summed E-state index contributed by atoms with van der Waals surface area (Å²) in [5.41, 5.74) is 0.949. The fraction of sp³-hybridized carbons (Fsp3) is 0.231. The van der Waals surface area contributed by atoms with Crippen molar-refractivity contribution in [1.29, 1.82) is 5.26 Å². The van der Waals surface area contributed by atoms with Crippen molar-refractivity contribution in [3.63, 3.8) is 0 Å². The lowest BCUT2D eigenvalue weighted by Crippen LogP contribution is -2.23. The van der Waals surface area contributed by atoms with Crippen LogP contribution in [-0.2, 0) is 4.79 Å². The van der Waals surface area contributed by atoms with Crippen LogP contribution < -0.4 is 5.32 Å². The summed E-state index contributed by atoms with van der Waals surface area (Å²) in [5, 5.41) is 18.6. The summed E-state index contributed by atoms with van der Waals surface area (Å²) in [6, 6.07) is 8.92. The molecule has 1 aromatic heterocycles. The van der Waals surface area contributed by atoms with Gasteiger partial charge in [0.05, 0.1) is 16.5 Å². The first-order valence-electron chi connectivity index (χ1n) is 5.96. The summed E-state index contributed by atoms with van der Waals surface area (Å²) in [6.45, 7) is 3.56. The molecule has 1 heterocycles. The van der Waals surface area contributed by atoms with Crippen LogP contribution in [0.3, 0.4) is 0 Å². The van der Waals surface area contributed by atoms with Gasteiger partial charge in [-0.15, -0.1) is 5.10 Å². The molecule has 2 aromatic rings. The number of nitrogens with zero attached hydrogens (tertiary/aromatic N) is 3. The number of nitriles is 1. The van der Waals surface area contributed by atoms with Crippen LogP contribution in [0.4, 0.5) is 5.69 Å². The molecule has 2 rings (SSSR count). The first-order chi connectivity index (χ1) is 9.60. The molecule has 2 N–H and O–H groups in total. The number of carbonyl (C=O) groups excluding carboxylic acids is 1. The standard InChI is InChI=1S/C13H13N5OS/c1-8(20-13-15-9(2)17-18-13)12(19)16-11-6-4-3-5-10(11)7-14/h3-6,8H,1-2H3,(H,16,19)(H,15,17,18). The van der Waals surface area contributed by atoms with Gasteiger partial charge in [-0.25, -0.2) is 4.98 Å². The molecule has 0 aliphatic heterocycles. The number of rotatable bonds is 4. The molecule has 0 saturated carbocycles. The lowest BCUT2D eigenvalue weighted by Gasteiger charge is -2.10. The SMILES string of the molecule is Cc1nc(SC(C)C(=O)Nc2ccccc2C#N)n[nH]1. The first kappa shape index (κ1) is 14.1. The second kappa shape index (κ2) is 6.21. The Labute approximate surface area is 120 Å². The van der Waals surface area contributed by atoms with Gasteiger partial charge in [0.25, 0.3) is 0 Å². The van der Waals surface area contributed by atoms with Crippen LogP contribution in [0.25, 0.3) is 0 Å². The lowest BCUT2D eigenvalue weighted by atomic mass is 10.2. The van der Waals surface area contributed by atoms with Gasteiger partial charge in [0.1, 0.15) is 11.9 Å². The van der Waals surface area contributed by atoms with Crippen molar-refractivity contribution >= 4 is 23.4 Å².